The molecule has 3 aromatic rings. The van der Waals surface area contributed by atoms with Gasteiger partial charge in [-0.25, -0.2) is 0 Å². The fraction of sp³-hybridized carbons (Fsp3) is 0.136. The minimum atomic E-state index is -0.115. The first-order chi connectivity index (χ1) is 12.1. The maximum Gasteiger partial charge on any atom is 0.170 e. The Kier molecular flexibility index (Phi) is 5.14. The molecule has 0 heterocycles. The van der Waals surface area contributed by atoms with Gasteiger partial charge < -0.3 is 9.84 Å². The van der Waals surface area contributed by atoms with Crippen molar-refractivity contribution >= 4 is 5.78 Å². The Morgan fingerprint density at radius 3 is 2.32 bits per heavy atom. The molecular weight excluding hydrogens is 312 g/mol. The molecule has 0 amide bonds. The van der Waals surface area contributed by atoms with Crippen molar-refractivity contribution in [2.24, 2.45) is 0 Å². The molecule has 0 aromatic heterocycles. The second kappa shape index (κ2) is 7.67. The second-order valence-corrected chi connectivity index (χ2v) is 6.04. The molecule has 0 spiro atoms. The normalized spacial score (nSPS) is 10.4. The average molecular weight is 332 g/mol. The Hall–Kier alpha value is -3.07. The molecule has 1 N–H and O–H groups in total. The Morgan fingerprint density at radius 1 is 0.920 bits per heavy atom. The Morgan fingerprint density at radius 2 is 1.64 bits per heavy atom. The first kappa shape index (κ1) is 16.8. The highest BCUT2D eigenvalue weighted by atomic mass is 16.5. The maximum atomic E-state index is 12.4. The van der Waals surface area contributed by atoms with Crippen LogP contribution in [-0.2, 0) is 13.0 Å². The van der Waals surface area contributed by atoms with Gasteiger partial charge in [-0.2, -0.15) is 0 Å². The van der Waals surface area contributed by atoms with Crippen LogP contribution in [0.2, 0.25) is 0 Å². The number of phenolic OH excluding ortho intramolecular Hbond substituents is 1. The molecule has 3 heteroatoms. The zero-order valence-electron chi connectivity index (χ0n) is 14.1. The van der Waals surface area contributed by atoms with Crippen molar-refractivity contribution in [1.29, 1.82) is 0 Å². The zero-order valence-corrected chi connectivity index (χ0v) is 14.1. The molecule has 0 bridgehead atoms. The van der Waals surface area contributed by atoms with E-state index in [0.29, 0.717) is 17.9 Å². The summed E-state index contributed by atoms with van der Waals surface area (Å²) in [5.41, 5.74) is 3.44. The van der Waals surface area contributed by atoms with Crippen LogP contribution in [0.3, 0.4) is 0 Å². The SMILES string of the molecule is Cc1ccc(CC(=O)c2ccc(OCc3ccccc3)cc2O)cc1. The van der Waals surface area contributed by atoms with E-state index in [9.17, 15) is 9.90 Å². The summed E-state index contributed by atoms with van der Waals surface area (Å²) in [7, 11) is 0. The summed E-state index contributed by atoms with van der Waals surface area (Å²) in [5, 5.41) is 10.2. The van der Waals surface area contributed by atoms with Gasteiger partial charge in [0.25, 0.3) is 0 Å². The van der Waals surface area contributed by atoms with Gasteiger partial charge in [0, 0.05) is 12.5 Å². The van der Waals surface area contributed by atoms with Gasteiger partial charge in [0.2, 0.25) is 0 Å². The topological polar surface area (TPSA) is 46.5 Å². The summed E-state index contributed by atoms with van der Waals surface area (Å²) in [6.07, 6.45) is 0.262. The van der Waals surface area contributed by atoms with E-state index in [4.69, 9.17) is 4.74 Å². The van der Waals surface area contributed by atoms with Gasteiger partial charge in [0.05, 0.1) is 5.56 Å². The lowest BCUT2D eigenvalue weighted by Gasteiger charge is -2.09. The highest BCUT2D eigenvalue weighted by Gasteiger charge is 2.13. The van der Waals surface area contributed by atoms with E-state index in [2.05, 4.69) is 0 Å². The van der Waals surface area contributed by atoms with Gasteiger partial charge >= 0.3 is 0 Å². The summed E-state index contributed by atoms with van der Waals surface area (Å²) < 4.78 is 5.67. The quantitative estimate of drug-likeness (QED) is 0.665. The minimum Gasteiger partial charge on any atom is -0.507 e. The van der Waals surface area contributed by atoms with Crippen LogP contribution in [0.4, 0.5) is 0 Å². The monoisotopic (exact) mass is 332 g/mol. The van der Waals surface area contributed by atoms with Crippen molar-refractivity contribution in [2.75, 3.05) is 0 Å². The molecule has 0 aliphatic carbocycles. The number of rotatable bonds is 6. The van der Waals surface area contributed by atoms with E-state index in [-0.39, 0.29) is 18.0 Å². The Bertz CT molecular complexity index is 852. The van der Waals surface area contributed by atoms with Crippen molar-refractivity contribution in [2.45, 2.75) is 20.0 Å². The van der Waals surface area contributed by atoms with Crippen LogP contribution in [-0.4, -0.2) is 10.9 Å². The fourth-order valence-corrected chi connectivity index (χ4v) is 2.56. The van der Waals surface area contributed by atoms with Gasteiger partial charge in [-0.1, -0.05) is 60.2 Å². The first-order valence-electron chi connectivity index (χ1n) is 8.20. The third-order valence-electron chi connectivity index (χ3n) is 4.00. The smallest absolute Gasteiger partial charge is 0.170 e. The lowest BCUT2D eigenvalue weighted by molar-refractivity contribution is 0.0990. The van der Waals surface area contributed by atoms with E-state index in [0.717, 1.165) is 16.7 Å². The van der Waals surface area contributed by atoms with E-state index >= 15 is 0 Å². The second-order valence-electron chi connectivity index (χ2n) is 6.04. The van der Waals surface area contributed by atoms with Crippen LogP contribution >= 0.6 is 0 Å². The average Bonchev–Trinajstić information content (AvgIpc) is 2.63. The molecule has 3 rings (SSSR count). The first-order valence-corrected chi connectivity index (χ1v) is 8.20. The number of carbonyl (C=O) groups is 1. The number of hydrogen-bond acceptors (Lipinski definition) is 3. The van der Waals surface area contributed by atoms with E-state index in [1.807, 2.05) is 61.5 Å². The van der Waals surface area contributed by atoms with Crippen LogP contribution < -0.4 is 4.74 Å². The number of benzene rings is 3. The minimum absolute atomic E-state index is 0.0531. The van der Waals surface area contributed by atoms with Crippen LogP contribution in [0.5, 0.6) is 11.5 Å². The van der Waals surface area contributed by atoms with Crippen molar-refractivity contribution in [1.82, 2.24) is 0 Å². The Balaban J connectivity index is 1.66. The molecule has 25 heavy (non-hydrogen) atoms. The van der Waals surface area contributed by atoms with Crippen LogP contribution in [0.15, 0.2) is 72.8 Å². The number of ketones is 1. The molecule has 0 aliphatic heterocycles. The number of hydrogen-bond donors (Lipinski definition) is 1. The summed E-state index contributed by atoms with van der Waals surface area (Å²) in [5.74, 6) is 0.367. The molecular formula is C22H20O3. The molecule has 0 aliphatic rings. The van der Waals surface area contributed by atoms with Crippen LogP contribution in [0, 0.1) is 6.92 Å². The van der Waals surface area contributed by atoms with E-state index in [1.165, 1.54) is 6.07 Å². The van der Waals surface area contributed by atoms with Crippen LogP contribution in [0.25, 0.3) is 0 Å². The van der Waals surface area contributed by atoms with Crippen molar-refractivity contribution < 1.29 is 14.6 Å². The maximum absolute atomic E-state index is 12.4. The molecule has 0 saturated carbocycles. The third-order valence-corrected chi connectivity index (χ3v) is 4.00. The van der Waals surface area contributed by atoms with Gasteiger partial charge in [0.1, 0.15) is 18.1 Å². The van der Waals surface area contributed by atoms with Gasteiger partial charge in [-0.15, -0.1) is 0 Å². The summed E-state index contributed by atoms with van der Waals surface area (Å²) in [6, 6.07) is 22.4. The number of carbonyl (C=O) groups excluding carboxylic acids is 1. The molecule has 3 nitrogen and oxygen atoms in total. The fourth-order valence-electron chi connectivity index (χ4n) is 2.56. The zero-order chi connectivity index (χ0) is 17.6. The van der Waals surface area contributed by atoms with Crippen molar-refractivity contribution in [3.05, 3.63) is 95.1 Å². The number of ether oxygens (including phenoxy) is 1. The van der Waals surface area contributed by atoms with Gasteiger partial charge in [-0.05, 0) is 30.2 Å². The molecule has 126 valence electrons. The molecule has 0 fully saturated rings. The number of Topliss-reactive ketones (excluding diaryl/α,β-unsaturated/α-hetero) is 1. The molecule has 0 saturated heterocycles. The Labute approximate surface area is 147 Å². The summed E-state index contributed by atoms with van der Waals surface area (Å²) in [6.45, 7) is 2.42. The van der Waals surface area contributed by atoms with E-state index < -0.39 is 0 Å². The largest absolute Gasteiger partial charge is 0.507 e. The highest BCUT2D eigenvalue weighted by Crippen LogP contribution is 2.25. The third kappa shape index (κ3) is 4.48. The lowest BCUT2D eigenvalue weighted by atomic mass is 10.0. The summed E-state index contributed by atoms with van der Waals surface area (Å²) in [4.78, 5) is 12.4. The molecule has 0 unspecified atom stereocenters. The highest BCUT2D eigenvalue weighted by molar-refractivity contribution is 6.00. The standard InChI is InChI=1S/C22H20O3/c1-16-7-9-17(10-8-16)13-21(23)20-12-11-19(14-22(20)24)25-15-18-5-3-2-4-6-18/h2-12,14,24H,13,15H2,1H3. The van der Waals surface area contributed by atoms with E-state index in [1.54, 1.807) is 12.1 Å². The van der Waals surface area contributed by atoms with Crippen molar-refractivity contribution in [3.8, 4) is 11.5 Å². The lowest BCUT2D eigenvalue weighted by Crippen LogP contribution is -2.04. The number of aryl methyl sites for hydroxylation is 1. The van der Waals surface area contributed by atoms with Gasteiger partial charge in [0.15, 0.2) is 5.78 Å². The molecule has 0 radical (unpaired) electrons. The van der Waals surface area contributed by atoms with Crippen molar-refractivity contribution in [3.63, 3.8) is 0 Å². The summed E-state index contributed by atoms with van der Waals surface area (Å²) >= 11 is 0. The molecule has 0 atom stereocenters. The van der Waals surface area contributed by atoms with Gasteiger partial charge in [-0.3, -0.25) is 4.79 Å². The predicted octanol–water partition coefficient (Wildman–Crippen LogP) is 4.71. The number of aromatic hydroxyl groups is 1. The number of phenols is 1. The molecule has 3 aromatic carbocycles. The van der Waals surface area contributed by atoms with Crippen LogP contribution in [0.1, 0.15) is 27.0 Å². The predicted molar refractivity (Wildman–Crippen MR) is 98.1 cm³/mol.